The average Bonchev–Trinajstić information content (AvgIpc) is 2.79. The second-order valence-electron chi connectivity index (χ2n) is 5.31. The Morgan fingerprint density at radius 2 is 2.00 bits per heavy atom. The first-order valence-corrected chi connectivity index (χ1v) is 6.73. The molecule has 1 amide bonds. The first-order chi connectivity index (χ1) is 9.06. The fourth-order valence-electron chi connectivity index (χ4n) is 2.45. The molecule has 4 heteroatoms. The van der Waals surface area contributed by atoms with Gasteiger partial charge < -0.3 is 9.64 Å². The van der Waals surface area contributed by atoms with Gasteiger partial charge in [-0.1, -0.05) is 32.0 Å². The summed E-state index contributed by atoms with van der Waals surface area (Å²) in [7, 11) is 1.66. The number of benzene rings is 1. The molecular weight excluding hydrogens is 240 g/mol. The van der Waals surface area contributed by atoms with Gasteiger partial charge in [-0.3, -0.25) is 10.1 Å². The SMILES string of the molecule is COc1ccccc1C1NCC(=O)N1C(C)C(C)C. The van der Waals surface area contributed by atoms with E-state index in [2.05, 4.69) is 26.1 Å². The van der Waals surface area contributed by atoms with Gasteiger partial charge in [0.1, 0.15) is 11.9 Å². The summed E-state index contributed by atoms with van der Waals surface area (Å²) in [4.78, 5) is 14.1. The molecule has 4 nitrogen and oxygen atoms in total. The molecule has 0 spiro atoms. The number of para-hydroxylation sites is 1. The van der Waals surface area contributed by atoms with Gasteiger partial charge in [0, 0.05) is 11.6 Å². The van der Waals surface area contributed by atoms with Gasteiger partial charge in [0.05, 0.1) is 13.7 Å². The van der Waals surface area contributed by atoms with Gasteiger partial charge in [0.2, 0.25) is 5.91 Å². The highest BCUT2D eigenvalue weighted by Crippen LogP contribution is 2.32. The molecule has 1 fully saturated rings. The predicted octanol–water partition coefficient (Wildman–Crippen LogP) is 2.17. The largest absolute Gasteiger partial charge is 0.496 e. The lowest BCUT2D eigenvalue weighted by Crippen LogP contribution is -2.40. The average molecular weight is 262 g/mol. The molecule has 0 saturated carbocycles. The number of ether oxygens (including phenoxy) is 1. The number of nitrogens with one attached hydrogen (secondary N) is 1. The molecule has 0 radical (unpaired) electrons. The minimum Gasteiger partial charge on any atom is -0.496 e. The Morgan fingerprint density at radius 3 is 2.63 bits per heavy atom. The van der Waals surface area contributed by atoms with Gasteiger partial charge in [0.25, 0.3) is 0 Å². The van der Waals surface area contributed by atoms with Gasteiger partial charge in [-0.2, -0.15) is 0 Å². The van der Waals surface area contributed by atoms with Crippen LogP contribution in [-0.4, -0.2) is 30.5 Å². The van der Waals surface area contributed by atoms with Crippen LogP contribution < -0.4 is 10.1 Å². The number of nitrogens with zero attached hydrogens (tertiary/aromatic N) is 1. The third-order valence-electron chi connectivity index (χ3n) is 3.85. The molecule has 1 aromatic rings. The molecule has 0 aromatic heterocycles. The Bertz CT molecular complexity index is 459. The van der Waals surface area contributed by atoms with E-state index in [0.717, 1.165) is 11.3 Å². The van der Waals surface area contributed by atoms with Crippen LogP contribution >= 0.6 is 0 Å². The van der Waals surface area contributed by atoms with E-state index in [4.69, 9.17) is 4.74 Å². The number of rotatable bonds is 4. The molecule has 2 unspecified atom stereocenters. The zero-order valence-corrected chi connectivity index (χ0v) is 12.0. The van der Waals surface area contributed by atoms with Crippen molar-refractivity contribution in [3.8, 4) is 5.75 Å². The minimum atomic E-state index is -0.0963. The van der Waals surface area contributed by atoms with Crippen LogP contribution in [0.3, 0.4) is 0 Å². The van der Waals surface area contributed by atoms with Crippen molar-refractivity contribution in [2.45, 2.75) is 33.0 Å². The van der Waals surface area contributed by atoms with Crippen molar-refractivity contribution in [3.05, 3.63) is 29.8 Å². The summed E-state index contributed by atoms with van der Waals surface area (Å²) in [5.74, 6) is 1.38. The van der Waals surface area contributed by atoms with Crippen molar-refractivity contribution in [1.82, 2.24) is 10.2 Å². The van der Waals surface area contributed by atoms with Crippen LogP contribution in [0.4, 0.5) is 0 Å². The number of methoxy groups -OCH3 is 1. The van der Waals surface area contributed by atoms with Crippen LogP contribution in [0.15, 0.2) is 24.3 Å². The van der Waals surface area contributed by atoms with E-state index in [1.165, 1.54) is 0 Å². The molecule has 1 aromatic carbocycles. The van der Waals surface area contributed by atoms with E-state index >= 15 is 0 Å². The molecule has 1 saturated heterocycles. The number of carbonyl (C=O) groups is 1. The maximum atomic E-state index is 12.1. The molecule has 2 atom stereocenters. The molecule has 2 rings (SSSR count). The van der Waals surface area contributed by atoms with Crippen LogP contribution in [0.1, 0.15) is 32.5 Å². The van der Waals surface area contributed by atoms with Crippen molar-refractivity contribution in [2.75, 3.05) is 13.7 Å². The topological polar surface area (TPSA) is 41.6 Å². The van der Waals surface area contributed by atoms with Crippen molar-refractivity contribution >= 4 is 5.91 Å². The normalized spacial score (nSPS) is 21.0. The minimum absolute atomic E-state index is 0.0963. The molecule has 1 aliphatic heterocycles. The first kappa shape index (κ1) is 13.9. The molecule has 104 valence electrons. The van der Waals surface area contributed by atoms with Crippen molar-refractivity contribution in [2.24, 2.45) is 5.92 Å². The van der Waals surface area contributed by atoms with Gasteiger partial charge in [-0.25, -0.2) is 0 Å². The standard InChI is InChI=1S/C15H22N2O2/c1-10(2)11(3)17-14(18)9-16-15(17)12-7-5-6-8-13(12)19-4/h5-8,10-11,15-16H,9H2,1-4H3. The second-order valence-corrected chi connectivity index (χ2v) is 5.31. The van der Waals surface area contributed by atoms with E-state index in [1.807, 2.05) is 29.2 Å². The highest BCUT2D eigenvalue weighted by atomic mass is 16.5. The number of amides is 1. The Labute approximate surface area is 114 Å². The summed E-state index contributed by atoms with van der Waals surface area (Å²) >= 11 is 0. The third-order valence-corrected chi connectivity index (χ3v) is 3.85. The molecule has 1 aliphatic rings. The Morgan fingerprint density at radius 1 is 1.32 bits per heavy atom. The second kappa shape index (κ2) is 5.61. The lowest BCUT2D eigenvalue weighted by atomic mass is 10.0. The van der Waals surface area contributed by atoms with Gasteiger partial charge in [0.15, 0.2) is 0 Å². The van der Waals surface area contributed by atoms with Crippen LogP contribution in [0, 0.1) is 5.92 Å². The van der Waals surface area contributed by atoms with E-state index in [1.54, 1.807) is 7.11 Å². The van der Waals surface area contributed by atoms with Gasteiger partial charge in [-0.15, -0.1) is 0 Å². The summed E-state index contributed by atoms with van der Waals surface area (Å²) in [5, 5.41) is 3.28. The molecular formula is C15H22N2O2. The van der Waals surface area contributed by atoms with Gasteiger partial charge >= 0.3 is 0 Å². The van der Waals surface area contributed by atoms with Crippen LogP contribution in [0.25, 0.3) is 0 Å². The van der Waals surface area contributed by atoms with Crippen molar-refractivity contribution in [3.63, 3.8) is 0 Å². The smallest absolute Gasteiger partial charge is 0.238 e. The summed E-state index contributed by atoms with van der Waals surface area (Å²) in [5.41, 5.74) is 1.02. The van der Waals surface area contributed by atoms with E-state index in [-0.39, 0.29) is 18.1 Å². The lowest BCUT2D eigenvalue weighted by molar-refractivity contribution is -0.130. The molecule has 0 aliphatic carbocycles. The summed E-state index contributed by atoms with van der Waals surface area (Å²) in [6, 6.07) is 8.04. The Hall–Kier alpha value is -1.55. The van der Waals surface area contributed by atoms with Crippen LogP contribution in [0.2, 0.25) is 0 Å². The van der Waals surface area contributed by atoms with E-state index in [0.29, 0.717) is 12.5 Å². The first-order valence-electron chi connectivity index (χ1n) is 6.73. The Balaban J connectivity index is 2.35. The maximum Gasteiger partial charge on any atom is 0.238 e. The quantitative estimate of drug-likeness (QED) is 0.904. The molecule has 1 heterocycles. The van der Waals surface area contributed by atoms with E-state index < -0.39 is 0 Å². The zero-order chi connectivity index (χ0) is 14.0. The van der Waals surface area contributed by atoms with E-state index in [9.17, 15) is 4.79 Å². The lowest BCUT2D eigenvalue weighted by Gasteiger charge is -2.33. The Kier molecular flexibility index (Phi) is 4.10. The monoisotopic (exact) mass is 262 g/mol. The zero-order valence-electron chi connectivity index (χ0n) is 12.0. The predicted molar refractivity (Wildman–Crippen MR) is 74.9 cm³/mol. The van der Waals surface area contributed by atoms with Crippen molar-refractivity contribution < 1.29 is 9.53 Å². The highest BCUT2D eigenvalue weighted by Gasteiger charge is 2.37. The fourth-order valence-corrected chi connectivity index (χ4v) is 2.45. The molecule has 19 heavy (non-hydrogen) atoms. The number of hydrogen-bond acceptors (Lipinski definition) is 3. The number of carbonyl (C=O) groups excluding carboxylic acids is 1. The van der Waals surface area contributed by atoms with Crippen LogP contribution in [-0.2, 0) is 4.79 Å². The van der Waals surface area contributed by atoms with Gasteiger partial charge in [-0.05, 0) is 18.9 Å². The summed E-state index contributed by atoms with van der Waals surface area (Å²) in [6.07, 6.45) is -0.0963. The maximum absolute atomic E-state index is 12.1. The van der Waals surface area contributed by atoms with Crippen molar-refractivity contribution in [1.29, 1.82) is 0 Å². The third kappa shape index (κ3) is 2.59. The molecule has 0 bridgehead atoms. The summed E-state index contributed by atoms with van der Waals surface area (Å²) in [6.45, 7) is 6.75. The number of hydrogen-bond donors (Lipinski definition) is 1. The highest BCUT2D eigenvalue weighted by molar-refractivity contribution is 5.81. The fraction of sp³-hybridized carbons (Fsp3) is 0.533. The summed E-state index contributed by atoms with van der Waals surface area (Å²) < 4.78 is 5.40. The molecule has 1 N–H and O–H groups in total. The van der Waals surface area contributed by atoms with Crippen LogP contribution in [0.5, 0.6) is 5.75 Å².